The fraction of sp³-hybridized carbons (Fsp3) is 0.143. The summed E-state index contributed by atoms with van der Waals surface area (Å²) < 4.78 is 0. The van der Waals surface area contributed by atoms with E-state index in [1.807, 2.05) is 18.2 Å². The van der Waals surface area contributed by atoms with Crippen molar-refractivity contribution in [1.29, 1.82) is 0 Å². The van der Waals surface area contributed by atoms with E-state index in [2.05, 4.69) is 12.1 Å². The highest BCUT2D eigenvalue weighted by atomic mass is 28.2. The van der Waals surface area contributed by atoms with Crippen LogP contribution in [0.25, 0.3) is 0 Å². The first-order chi connectivity index (χ1) is 4.43. The molecule has 0 spiro atoms. The van der Waals surface area contributed by atoms with E-state index >= 15 is 0 Å². The summed E-state index contributed by atoms with van der Waals surface area (Å²) >= 11 is 0. The second-order valence-corrected chi connectivity index (χ2v) is 2.99. The van der Waals surface area contributed by atoms with Crippen molar-refractivity contribution in [2.24, 2.45) is 0 Å². The van der Waals surface area contributed by atoms with Gasteiger partial charge < -0.3 is 0 Å². The monoisotopic (exact) mass is 136 g/mol. The van der Waals surface area contributed by atoms with Gasteiger partial charge in [0, 0.05) is 0 Å². The SMILES string of the molecule is [NH][SiH2]Cc1ccccc1. The van der Waals surface area contributed by atoms with Crippen molar-refractivity contribution in [3.8, 4) is 0 Å². The van der Waals surface area contributed by atoms with Crippen LogP contribution in [0.3, 0.4) is 0 Å². The maximum absolute atomic E-state index is 7.08. The molecule has 0 heterocycles. The van der Waals surface area contributed by atoms with Crippen molar-refractivity contribution in [3.63, 3.8) is 0 Å². The van der Waals surface area contributed by atoms with Gasteiger partial charge in [0.05, 0.1) is 0 Å². The maximum Gasteiger partial charge on any atom is 0.113 e. The highest BCUT2D eigenvalue weighted by Gasteiger charge is 1.85. The Kier molecular flexibility index (Phi) is 2.48. The lowest BCUT2D eigenvalue weighted by atomic mass is 10.2. The van der Waals surface area contributed by atoms with Crippen LogP contribution in [0.2, 0.25) is 0 Å². The third kappa shape index (κ3) is 1.99. The Morgan fingerprint density at radius 2 is 1.89 bits per heavy atom. The van der Waals surface area contributed by atoms with Crippen molar-refractivity contribution in [1.82, 2.24) is 5.40 Å². The Morgan fingerprint density at radius 1 is 1.22 bits per heavy atom. The van der Waals surface area contributed by atoms with Gasteiger partial charge in [-0.25, -0.2) is 0 Å². The van der Waals surface area contributed by atoms with Crippen molar-refractivity contribution in [2.45, 2.75) is 6.04 Å². The summed E-state index contributed by atoms with van der Waals surface area (Å²) in [4.78, 5) is 0. The van der Waals surface area contributed by atoms with E-state index in [9.17, 15) is 0 Å². The zero-order valence-electron chi connectivity index (χ0n) is 5.30. The van der Waals surface area contributed by atoms with Gasteiger partial charge in [-0.15, -0.1) is 0 Å². The number of hydrogen-bond donors (Lipinski definition) is 0. The van der Waals surface area contributed by atoms with Crippen molar-refractivity contribution in [3.05, 3.63) is 35.9 Å². The second-order valence-electron chi connectivity index (χ2n) is 1.99. The molecule has 1 nitrogen and oxygen atoms in total. The minimum absolute atomic E-state index is 0.534. The van der Waals surface area contributed by atoms with E-state index in [1.165, 1.54) is 5.56 Å². The fourth-order valence-electron chi connectivity index (χ4n) is 0.789. The van der Waals surface area contributed by atoms with Gasteiger partial charge in [0.1, 0.15) is 9.68 Å². The molecule has 9 heavy (non-hydrogen) atoms. The molecule has 0 aliphatic carbocycles. The second kappa shape index (κ2) is 3.43. The molecule has 1 rings (SSSR count). The molecule has 1 aromatic carbocycles. The highest BCUT2D eigenvalue weighted by Crippen LogP contribution is 1.96. The Hall–Kier alpha value is -0.603. The molecule has 0 bridgehead atoms. The smallest absolute Gasteiger partial charge is 0.113 e. The molecule has 1 aromatic rings. The van der Waals surface area contributed by atoms with Crippen LogP contribution >= 0.6 is 0 Å². The molecule has 1 radical (unpaired) electrons. The lowest BCUT2D eigenvalue weighted by molar-refractivity contribution is 1.36. The van der Waals surface area contributed by atoms with Gasteiger partial charge in [-0.05, 0) is 11.6 Å². The normalized spacial score (nSPS) is 10.8. The van der Waals surface area contributed by atoms with Crippen LogP contribution in [-0.2, 0) is 6.04 Å². The first-order valence-electron chi connectivity index (χ1n) is 3.12. The van der Waals surface area contributed by atoms with Gasteiger partial charge >= 0.3 is 0 Å². The van der Waals surface area contributed by atoms with E-state index < -0.39 is 9.68 Å². The summed E-state index contributed by atoms with van der Waals surface area (Å²) in [7, 11) is -0.534. The van der Waals surface area contributed by atoms with Gasteiger partial charge in [0.2, 0.25) is 0 Å². The molecule has 0 atom stereocenters. The lowest BCUT2D eigenvalue weighted by Crippen LogP contribution is -1.95. The van der Waals surface area contributed by atoms with Crippen LogP contribution in [0.4, 0.5) is 0 Å². The molecule has 0 aliphatic rings. The topological polar surface area (TPSA) is 23.8 Å². The molecule has 0 saturated heterocycles. The predicted molar refractivity (Wildman–Crippen MR) is 41.8 cm³/mol. The molecular formula is C7H10NSi. The molecular weight excluding hydrogens is 126 g/mol. The Morgan fingerprint density at radius 3 is 2.44 bits per heavy atom. The number of hydrogen-bond acceptors (Lipinski definition) is 0. The van der Waals surface area contributed by atoms with Crippen molar-refractivity contribution >= 4 is 9.68 Å². The predicted octanol–water partition coefficient (Wildman–Crippen LogP) is 0.553. The molecule has 0 amide bonds. The van der Waals surface area contributed by atoms with Crippen LogP contribution in [0, 0.1) is 0 Å². The largest absolute Gasteiger partial charge is 0.292 e. The summed E-state index contributed by atoms with van der Waals surface area (Å²) in [6.07, 6.45) is 0. The molecule has 2 heteroatoms. The van der Waals surface area contributed by atoms with Crippen molar-refractivity contribution < 1.29 is 0 Å². The number of nitrogens with one attached hydrogen (secondary N) is 1. The highest BCUT2D eigenvalue weighted by molar-refractivity contribution is 6.29. The van der Waals surface area contributed by atoms with Gasteiger partial charge in [0.15, 0.2) is 0 Å². The number of benzene rings is 1. The fourth-order valence-corrected chi connectivity index (χ4v) is 1.41. The van der Waals surface area contributed by atoms with Gasteiger partial charge in [-0.2, -0.15) is 0 Å². The van der Waals surface area contributed by atoms with Crippen LogP contribution in [0.5, 0.6) is 0 Å². The third-order valence-electron chi connectivity index (χ3n) is 1.26. The Labute approximate surface area is 57.8 Å². The quantitative estimate of drug-likeness (QED) is 0.530. The van der Waals surface area contributed by atoms with E-state index in [1.54, 1.807) is 0 Å². The standard InChI is InChI=1S/C7H10NSi/c8-9-6-7-4-2-1-3-5-7/h1-5,8H,6,9H2. The third-order valence-corrected chi connectivity index (χ3v) is 2.08. The molecule has 0 fully saturated rings. The van der Waals surface area contributed by atoms with E-state index in [0.29, 0.717) is 0 Å². The Bertz CT molecular complexity index is 162. The van der Waals surface area contributed by atoms with Gasteiger partial charge in [0.25, 0.3) is 0 Å². The zero-order chi connectivity index (χ0) is 6.53. The van der Waals surface area contributed by atoms with Gasteiger partial charge in [-0.3, -0.25) is 5.40 Å². The maximum atomic E-state index is 7.08. The summed E-state index contributed by atoms with van der Waals surface area (Å²) in [5.74, 6) is 0. The van der Waals surface area contributed by atoms with Crippen LogP contribution in [-0.4, -0.2) is 9.68 Å². The van der Waals surface area contributed by atoms with Crippen molar-refractivity contribution in [2.75, 3.05) is 0 Å². The van der Waals surface area contributed by atoms with Crippen LogP contribution < -0.4 is 5.40 Å². The molecule has 0 aliphatic heterocycles. The van der Waals surface area contributed by atoms with E-state index in [0.717, 1.165) is 6.04 Å². The molecule has 1 N–H and O–H groups in total. The summed E-state index contributed by atoms with van der Waals surface area (Å²) in [6, 6.07) is 11.2. The molecule has 47 valence electrons. The van der Waals surface area contributed by atoms with Crippen LogP contribution in [0.15, 0.2) is 30.3 Å². The molecule has 0 saturated carbocycles. The average Bonchev–Trinajstić information content (AvgIpc) is 1.91. The summed E-state index contributed by atoms with van der Waals surface area (Å²) in [5, 5.41) is 7.08. The average molecular weight is 136 g/mol. The van der Waals surface area contributed by atoms with E-state index in [4.69, 9.17) is 5.40 Å². The molecule has 0 unspecified atom stereocenters. The first kappa shape index (κ1) is 6.52. The number of rotatable bonds is 2. The summed E-state index contributed by atoms with van der Waals surface area (Å²) in [5.41, 5.74) is 1.32. The lowest BCUT2D eigenvalue weighted by Gasteiger charge is -1.92. The zero-order valence-corrected chi connectivity index (χ0v) is 6.72. The molecule has 0 aromatic heterocycles. The first-order valence-corrected chi connectivity index (χ1v) is 4.82. The summed E-state index contributed by atoms with van der Waals surface area (Å²) in [6.45, 7) is 0. The van der Waals surface area contributed by atoms with Crippen LogP contribution in [0.1, 0.15) is 5.56 Å². The van der Waals surface area contributed by atoms with E-state index in [-0.39, 0.29) is 0 Å². The Balaban J connectivity index is 2.61. The minimum atomic E-state index is -0.534. The minimum Gasteiger partial charge on any atom is -0.292 e. The van der Waals surface area contributed by atoms with Gasteiger partial charge in [-0.1, -0.05) is 30.3 Å².